The van der Waals surface area contributed by atoms with Gasteiger partial charge in [0.05, 0.1) is 0 Å². The van der Waals surface area contributed by atoms with E-state index in [0.29, 0.717) is 12.6 Å². The smallest absolute Gasteiger partial charge is 0.120 e. The fraction of sp³-hybridized carbons (Fsp3) is 0.455. The van der Waals surface area contributed by atoms with Crippen molar-refractivity contribution in [3.8, 4) is 5.75 Å². The van der Waals surface area contributed by atoms with E-state index in [-0.39, 0.29) is 24.8 Å². The highest BCUT2D eigenvalue weighted by Crippen LogP contribution is 2.42. The minimum atomic E-state index is 0. The van der Waals surface area contributed by atoms with Crippen LogP contribution in [0.2, 0.25) is 0 Å². The van der Waals surface area contributed by atoms with Crippen LogP contribution < -0.4 is 10.1 Å². The van der Waals surface area contributed by atoms with Gasteiger partial charge < -0.3 is 10.1 Å². The Bertz CT molecular complexity index is 673. The van der Waals surface area contributed by atoms with E-state index in [1.54, 1.807) is 0 Å². The minimum absolute atomic E-state index is 0. The number of nitrogens with zero attached hydrogens (tertiary/aromatic N) is 1. The van der Waals surface area contributed by atoms with Crippen LogP contribution in [0.4, 0.5) is 0 Å². The zero-order chi connectivity index (χ0) is 16.9. The number of nitrogens with one attached hydrogen (secondary N) is 1. The maximum atomic E-state index is 6.07. The predicted octanol–water partition coefficient (Wildman–Crippen LogP) is 4.86. The molecule has 0 unspecified atom stereocenters. The SMILES string of the molecule is Cl.Cl.c1ccc(COc2cccc([C@@H](C3CCC3)N3CCNCC3)c2)cc1. The third-order valence-electron chi connectivity index (χ3n) is 5.59. The van der Waals surface area contributed by atoms with Gasteiger partial charge in [0.1, 0.15) is 12.4 Å². The molecule has 2 fully saturated rings. The average molecular weight is 409 g/mol. The first kappa shape index (κ1) is 22.0. The molecule has 5 heteroatoms. The molecule has 0 amide bonds. The molecule has 1 saturated carbocycles. The summed E-state index contributed by atoms with van der Waals surface area (Å²) in [6, 6.07) is 19.7. The molecule has 2 aromatic rings. The molecule has 27 heavy (non-hydrogen) atoms. The molecule has 2 aromatic carbocycles. The number of benzene rings is 2. The Morgan fingerprint density at radius 2 is 1.70 bits per heavy atom. The lowest BCUT2D eigenvalue weighted by molar-refractivity contribution is 0.0835. The van der Waals surface area contributed by atoms with Crippen LogP contribution in [0.1, 0.15) is 36.4 Å². The minimum Gasteiger partial charge on any atom is -0.489 e. The molecule has 2 aliphatic rings. The van der Waals surface area contributed by atoms with Crippen LogP contribution in [-0.4, -0.2) is 31.1 Å². The summed E-state index contributed by atoms with van der Waals surface area (Å²) in [4.78, 5) is 2.68. The molecule has 1 heterocycles. The monoisotopic (exact) mass is 408 g/mol. The van der Waals surface area contributed by atoms with Gasteiger partial charge in [0.2, 0.25) is 0 Å². The molecule has 1 aliphatic heterocycles. The number of ether oxygens (including phenoxy) is 1. The highest BCUT2D eigenvalue weighted by atomic mass is 35.5. The Morgan fingerprint density at radius 3 is 2.37 bits per heavy atom. The maximum Gasteiger partial charge on any atom is 0.120 e. The van der Waals surface area contributed by atoms with Gasteiger partial charge in [-0.3, -0.25) is 4.90 Å². The summed E-state index contributed by atoms with van der Waals surface area (Å²) in [6.07, 6.45) is 4.12. The number of piperazine rings is 1. The molecule has 148 valence electrons. The van der Waals surface area contributed by atoms with Crippen molar-refractivity contribution in [1.82, 2.24) is 10.2 Å². The Balaban J connectivity index is 0.00000131. The lowest BCUT2D eigenvalue weighted by Crippen LogP contribution is -2.47. The van der Waals surface area contributed by atoms with Crippen molar-refractivity contribution in [2.75, 3.05) is 26.2 Å². The Kier molecular flexibility index (Phi) is 8.91. The van der Waals surface area contributed by atoms with Gasteiger partial charge >= 0.3 is 0 Å². The summed E-state index contributed by atoms with van der Waals surface area (Å²) in [7, 11) is 0. The van der Waals surface area contributed by atoms with Gasteiger partial charge in [-0.1, -0.05) is 48.9 Å². The Morgan fingerprint density at radius 1 is 0.963 bits per heavy atom. The zero-order valence-corrected chi connectivity index (χ0v) is 17.3. The van der Waals surface area contributed by atoms with E-state index in [9.17, 15) is 0 Å². The molecular weight excluding hydrogens is 379 g/mol. The van der Waals surface area contributed by atoms with Crippen LogP contribution in [0.3, 0.4) is 0 Å². The molecule has 1 N–H and O–H groups in total. The van der Waals surface area contributed by atoms with E-state index in [1.807, 2.05) is 6.07 Å². The Labute approximate surface area is 175 Å². The third kappa shape index (κ3) is 5.61. The van der Waals surface area contributed by atoms with E-state index in [2.05, 4.69) is 58.7 Å². The third-order valence-corrected chi connectivity index (χ3v) is 5.59. The summed E-state index contributed by atoms with van der Waals surface area (Å²) in [6.45, 7) is 5.14. The summed E-state index contributed by atoms with van der Waals surface area (Å²) in [5.74, 6) is 1.79. The van der Waals surface area contributed by atoms with Crippen LogP contribution in [0, 0.1) is 5.92 Å². The van der Waals surface area contributed by atoms with Gasteiger partial charge in [-0.25, -0.2) is 0 Å². The van der Waals surface area contributed by atoms with Crippen LogP contribution in [0.5, 0.6) is 5.75 Å². The van der Waals surface area contributed by atoms with Gasteiger partial charge in [-0.05, 0) is 42.0 Å². The highest BCUT2D eigenvalue weighted by molar-refractivity contribution is 5.85. The van der Waals surface area contributed by atoms with E-state index in [0.717, 1.165) is 37.8 Å². The first-order chi connectivity index (χ1) is 12.4. The fourth-order valence-corrected chi connectivity index (χ4v) is 4.03. The lowest BCUT2D eigenvalue weighted by Gasteiger charge is -2.43. The normalized spacial score (nSPS) is 18.5. The molecule has 1 atom stereocenters. The number of halogens is 2. The summed E-state index contributed by atoms with van der Waals surface area (Å²) >= 11 is 0. The molecule has 1 saturated heterocycles. The van der Waals surface area contributed by atoms with Crippen molar-refractivity contribution in [2.45, 2.75) is 31.9 Å². The molecule has 3 nitrogen and oxygen atoms in total. The second-order valence-electron chi connectivity index (χ2n) is 7.27. The molecule has 0 spiro atoms. The summed E-state index contributed by atoms with van der Waals surface area (Å²) in [5, 5.41) is 3.48. The van der Waals surface area contributed by atoms with Crippen molar-refractivity contribution in [2.24, 2.45) is 5.92 Å². The number of hydrogen-bond donors (Lipinski definition) is 1. The van der Waals surface area contributed by atoms with Crippen molar-refractivity contribution in [3.05, 3.63) is 65.7 Å². The van der Waals surface area contributed by atoms with Crippen molar-refractivity contribution in [3.63, 3.8) is 0 Å². The number of hydrogen-bond acceptors (Lipinski definition) is 3. The quantitative estimate of drug-likeness (QED) is 0.738. The topological polar surface area (TPSA) is 24.5 Å². The Hall–Kier alpha value is -1.26. The zero-order valence-electron chi connectivity index (χ0n) is 15.7. The predicted molar refractivity (Wildman–Crippen MR) is 116 cm³/mol. The molecule has 0 bridgehead atoms. The van der Waals surface area contributed by atoms with E-state index in [4.69, 9.17) is 4.74 Å². The van der Waals surface area contributed by atoms with Crippen LogP contribution in [0.15, 0.2) is 54.6 Å². The molecule has 0 aromatic heterocycles. The molecule has 0 radical (unpaired) electrons. The second kappa shape index (κ2) is 10.9. The molecule has 1 aliphatic carbocycles. The fourth-order valence-electron chi connectivity index (χ4n) is 4.03. The van der Waals surface area contributed by atoms with Gasteiger partial charge in [0.25, 0.3) is 0 Å². The van der Waals surface area contributed by atoms with Crippen molar-refractivity contribution in [1.29, 1.82) is 0 Å². The van der Waals surface area contributed by atoms with Gasteiger partial charge in [-0.15, -0.1) is 24.8 Å². The standard InChI is InChI=1S/C22H28N2O.2ClH/c1-2-6-18(7-3-1)17-25-21-11-5-10-20(16-21)22(19-8-4-9-19)24-14-12-23-13-15-24;;/h1-3,5-7,10-11,16,19,22-23H,4,8-9,12-15,17H2;2*1H/t22-;;/m1../s1. The van der Waals surface area contributed by atoms with Crippen LogP contribution >= 0.6 is 24.8 Å². The lowest BCUT2D eigenvalue weighted by atomic mass is 9.76. The number of rotatable bonds is 6. The first-order valence-electron chi connectivity index (χ1n) is 9.61. The largest absolute Gasteiger partial charge is 0.489 e. The molecule has 4 rings (SSSR count). The van der Waals surface area contributed by atoms with Crippen LogP contribution in [0.25, 0.3) is 0 Å². The maximum absolute atomic E-state index is 6.07. The molecular formula is C22H30Cl2N2O. The van der Waals surface area contributed by atoms with Crippen molar-refractivity contribution >= 4 is 24.8 Å². The van der Waals surface area contributed by atoms with Crippen LogP contribution in [-0.2, 0) is 6.61 Å². The summed E-state index contributed by atoms with van der Waals surface area (Å²) in [5.41, 5.74) is 2.64. The van der Waals surface area contributed by atoms with Gasteiger partial charge in [0, 0.05) is 32.2 Å². The summed E-state index contributed by atoms with van der Waals surface area (Å²) < 4.78 is 6.07. The van der Waals surface area contributed by atoms with Crippen molar-refractivity contribution < 1.29 is 4.74 Å². The average Bonchev–Trinajstić information content (AvgIpc) is 2.65. The first-order valence-corrected chi connectivity index (χ1v) is 9.61. The van der Waals surface area contributed by atoms with E-state index >= 15 is 0 Å². The highest BCUT2D eigenvalue weighted by Gasteiger charge is 2.33. The van der Waals surface area contributed by atoms with Gasteiger partial charge in [-0.2, -0.15) is 0 Å². The van der Waals surface area contributed by atoms with E-state index in [1.165, 1.54) is 30.4 Å². The van der Waals surface area contributed by atoms with Gasteiger partial charge in [0.15, 0.2) is 0 Å². The second-order valence-corrected chi connectivity index (χ2v) is 7.27. The van der Waals surface area contributed by atoms with E-state index < -0.39 is 0 Å².